The number of carbonyl (C=O) groups is 1. The van der Waals surface area contributed by atoms with Crippen LogP contribution in [0.4, 0.5) is 4.39 Å². The standard InChI is InChI=1S/C24H29FN4O6/c1-15-13-29(21-11-19(31)20(14-30)35-21)24(34)28(23(15)33)9-5-3-2-4-8-27-22(32)16-6-7-18(25)17(10-16)12-26/h6-7,10,13,19-21,30-31H,2-5,8-9,11,14H2,1H3,(H,27,32)/t19-,20+,21+/m0/s1. The largest absolute Gasteiger partial charge is 0.394 e. The third kappa shape index (κ3) is 6.22. The molecule has 188 valence electrons. The van der Waals surface area contributed by atoms with E-state index in [9.17, 15) is 29.0 Å². The molecule has 1 aliphatic heterocycles. The number of nitrogens with zero attached hydrogens (tertiary/aromatic N) is 3. The van der Waals surface area contributed by atoms with Crippen LogP contribution in [0.2, 0.25) is 0 Å². The van der Waals surface area contributed by atoms with Crippen molar-refractivity contribution < 1.29 is 24.1 Å². The molecule has 1 amide bonds. The molecule has 0 spiro atoms. The van der Waals surface area contributed by atoms with Gasteiger partial charge in [0.1, 0.15) is 24.2 Å². The topological polar surface area (TPSA) is 147 Å². The van der Waals surface area contributed by atoms with Gasteiger partial charge in [-0.05, 0) is 38.0 Å². The molecule has 1 aliphatic rings. The molecule has 10 nitrogen and oxygen atoms in total. The Labute approximate surface area is 201 Å². The summed E-state index contributed by atoms with van der Waals surface area (Å²) in [6, 6.07) is 5.31. The van der Waals surface area contributed by atoms with Crippen LogP contribution in [-0.2, 0) is 11.3 Å². The lowest BCUT2D eigenvalue weighted by Gasteiger charge is -2.17. The Balaban J connectivity index is 1.48. The molecular formula is C24H29FN4O6. The second-order valence-electron chi connectivity index (χ2n) is 8.55. The smallest absolute Gasteiger partial charge is 0.333 e. The van der Waals surface area contributed by atoms with E-state index in [1.165, 1.54) is 22.9 Å². The predicted molar refractivity (Wildman–Crippen MR) is 123 cm³/mol. The van der Waals surface area contributed by atoms with Crippen LogP contribution in [0, 0.1) is 24.1 Å². The van der Waals surface area contributed by atoms with E-state index < -0.39 is 35.8 Å². The average Bonchev–Trinajstić information content (AvgIpc) is 3.22. The Bertz CT molecular complexity index is 1220. The van der Waals surface area contributed by atoms with Crippen molar-refractivity contribution in [2.24, 2.45) is 0 Å². The van der Waals surface area contributed by atoms with E-state index in [0.29, 0.717) is 24.9 Å². The number of nitrogens with one attached hydrogen (secondary N) is 1. The van der Waals surface area contributed by atoms with Gasteiger partial charge in [0.25, 0.3) is 11.5 Å². The van der Waals surface area contributed by atoms with Gasteiger partial charge in [0, 0.05) is 36.8 Å². The monoisotopic (exact) mass is 488 g/mol. The quantitative estimate of drug-likeness (QED) is 0.422. The Morgan fingerprint density at radius 1 is 1.29 bits per heavy atom. The predicted octanol–water partition coefficient (Wildman–Crippen LogP) is 0.960. The van der Waals surface area contributed by atoms with E-state index in [1.807, 2.05) is 0 Å². The lowest BCUT2D eigenvalue weighted by atomic mass is 10.1. The number of ether oxygens (including phenoxy) is 1. The first kappa shape index (κ1) is 26.3. The van der Waals surface area contributed by atoms with Gasteiger partial charge in [0.2, 0.25) is 0 Å². The van der Waals surface area contributed by atoms with Gasteiger partial charge < -0.3 is 20.3 Å². The summed E-state index contributed by atoms with van der Waals surface area (Å²) in [5.41, 5.74) is -0.515. The van der Waals surface area contributed by atoms with Gasteiger partial charge in [-0.3, -0.25) is 18.7 Å². The Hall–Kier alpha value is -3.33. The normalized spacial score (nSPS) is 19.5. The number of amides is 1. The van der Waals surface area contributed by atoms with Gasteiger partial charge in [-0.1, -0.05) is 12.8 Å². The first-order valence-corrected chi connectivity index (χ1v) is 11.5. The Kier molecular flexibility index (Phi) is 8.92. The summed E-state index contributed by atoms with van der Waals surface area (Å²) in [7, 11) is 0. The van der Waals surface area contributed by atoms with Gasteiger partial charge in [0.15, 0.2) is 0 Å². The van der Waals surface area contributed by atoms with Crippen molar-refractivity contribution in [1.82, 2.24) is 14.5 Å². The molecular weight excluding hydrogens is 459 g/mol. The number of aryl methyl sites for hydroxylation is 1. The molecule has 11 heteroatoms. The van der Waals surface area contributed by atoms with Crippen LogP contribution in [0.3, 0.4) is 0 Å². The van der Waals surface area contributed by atoms with Crippen molar-refractivity contribution in [3.8, 4) is 6.07 Å². The molecule has 0 bridgehead atoms. The van der Waals surface area contributed by atoms with Crippen LogP contribution >= 0.6 is 0 Å². The average molecular weight is 489 g/mol. The van der Waals surface area contributed by atoms with Crippen molar-refractivity contribution in [2.45, 2.75) is 64.0 Å². The van der Waals surface area contributed by atoms with Crippen LogP contribution < -0.4 is 16.6 Å². The minimum Gasteiger partial charge on any atom is -0.394 e. The molecule has 0 radical (unpaired) electrons. The molecule has 1 fully saturated rings. The van der Waals surface area contributed by atoms with Crippen molar-refractivity contribution >= 4 is 5.91 Å². The second-order valence-corrected chi connectivity index (χ2v) is 8.55. The number of hydrogen-bond donors (Lipinski definition) is 3. The number of halogens is 1. The van der Waals surface area contributed by atoms with Crippen molar-refractivity contribution in [2.75, 3.05) is 13.2 Å². The number of aliphatic hydroxyl groups is 2. The van der Waals surface area contributed by atoms with Crippen LogP contribution in [0.5, 0.6) is 0 Å². The van der Waals surface area contributed by atoms with Gasteiger partial charge in [-0.15, -0.1) is 0 Å². The lowest BCUT2D eigenvalue weighted by molar-refractivity contribution is -0.0464. The Morgan fingerprint density at radius 2 is 2.03 bits per heavy atom. The third-order valence-corrected chi connectivity index (χ3v) is 6.00. The number of carbonyl (C=O) groups excluding carboxylic acids is 1. The van der Waals surface area contributed by atoms with E-state index in [-0.39, 0.29) is 36.3 Å². The molecule has 2 aromatic rings. The number of hydrogen-bond acceptors (Lipinski definition) is 7. The number of aromatic nitrogens is 2. The fourth-order valence-corrected chi connectivity index (χ4v) is 4.02. The summed E-state index contributed by atoms with van der Waals surface area (Å²) in [5, 5.41) is 30.8. The molecule has 1 aromatic carbocycles. The zero-order valence-electron chi connectivity index (χ0n) is 19.4. The molecule has 0 saturated carbocycles. The van der Waals surface area contributed by atoms with Crippen molar-refractivity contribution in [3.63, 3.8) is 0 Å². The minimum absolute atomic E-state index is 0.143. The number of rotatable bonds is 10. The number of nitriles is 1. The number of unbranched alkanes of at least 4 members (excludes halogenated alkanes) is 3. The highest BCUT2D eigenvalue weighted by Gasteiger charge is 2.35. The minimum atomic E-state index is -0.894. The van der Waals surface area contributed by atoms with Gasteiger partial charge in [-0.2, -0.15) is 5.26 Å². The molecule has 3 N–H and O–H groups in total. The number of aliphatic hydroxyl groups excluding tert-OH is 2. The first-order valence-electron chi connectivity index (χ1n) is 11.5. The highest BCUT2D eigenvalue weighted by Crippen LogP contribution is 2.27. The lowest BCUT2D eigenvalue weighted by Crippen LogP contribution is -2.42. The van der Waals surface area contributed by atoms with Crippen molar-refractivity contribution in [3.05, 3.63) is 67.7 Å². The maximum absolute atomic E-state index is 13.4. The molecule has 3 rings (SSSR count). The van der Waals surface area contributed by atoms with E-state index in [2.05, 4.69) is 5.32 Å². The zero-order valence-corrected chi connectivity index (χ0v) is 19.4. The van der Waals surface area contributed by atoms with Crippen LogP contribution in [-0.4, -0.2) is 50.6 Å². The zero-order chi connectivity index (χ0) is 25.5. The van der Waals surface area contributed by atoms with Crippen LogP contribution in [0.25, 0.3) is 0 Å². The van der Waals surface area contributed by atoms with Crippen LogP contribution in [0.1, 0.15) is 59.8 Å². The first-order chi connectivity index (χ1) is 16.8. The summed E-state index contributed by atoms with van der Waals surface area (Å²) >= 11 is 0. The summed E-state index contributed by atoms with van der Waals surface area (Å²) < 4.78 is 21.4. The summed E-state index contributed by atoms with van der Waals surface area (Å²) in [6.45, 7) is 1.85. The van der Waals surface area contributed by atoms with E-state index in [4.69, 9.17) is 10.00 Å². The molecule has 3 atom stereocenters. The van der Waals surface area contributed by atoms with Crippen molar-refractivity contribution in [1.29, 1.82) is 5.26 Å². The maximum Gasteiger partial charge on any atom is 0.333 e. The molecule has 0 aliphatic carbocycles. The molecule has 1 aromatic heterocycles. The highest BCUT2D eigenvalue weighted by molar-refractivity contribution is 5.94. The molecule has 2 heterocycles. The van der Waals surface area contributed by atoms with E-state index >= 15 is 0 Å². The highest BCUT2D eigenvalue weighted by atomic mass is 19.1. The second kappa shape index (κ2) is 11.9. The summed E-state index contributed by atoms with van der Waals surface area (Å²) in [6.07, 6.45) is 1.85. The Morgan fingerprint density at radius 3 is 2.71 bits per heavy atom. The van der Waals surface area contributed by atoms with Gasteiger partial charge >= 0.3 is 5.69 Å². The van der Waals surface area contributed by atoms with Gasteiger partial charge in [-0.25, -0.2) is 9.18 Å². The van der Waals surface area contributed by atoms with Gasteiger partial charge in [0.05, 0.1) is 18.3 Å². The number of benzene rings is 1. The fraction of sp³-hybridized carbons (Fsp3) is 0.500. The SMILES string of the molecule is Cc1cn([C@H]2C[C@H](O)[C@@H](CO)O2)c(=O)n(CCCCCCNC(=O)c2ccc(F)c(C#N)c2)c1=O. The fourth-order valence-electron chi connectivity index (χ4n) is 4.02. The van der Waals surface area contributed by atoms with E-state index in [1.54, 1.807) is 13.0 Å². The molecule has 35 heavy (non-hydrogen) atoms. The molecule has 0 unspecified atom stereocenters. The maximum atomic E-state index is 13.4. The third-order valence-electron chi connectivity index (χ3n) is 6.00. The summed E-state index contributed by atoms with van der Waals surface area (Å²) in [4.78, 5) is 37.5. The molecule has 1 saturated heterocycles. The summed E-state index contributed by atoms with van der Waals surface area (Å²) in [5.74, 6) is -1.07. The van der Waals surface area contributed by atoms with Crippen LogP contribution in [0.15, 0.2) is 34.0 Å². The van der Waals surface area contributed by atoms with E-state index in [0.717, 1.165) is 23.5 Å².